The van der Waals surface area contributed by atoms with Crippen LogP contribution < -0.4 is 5.73 Å². The van der Waals surface area contributed by atoms with Gasteiger partial charge in [0.05, 0.1) is 0 Å². The lowest BCUT2D eigenvalue weighted by atomic mass is 9.85. The van der Waals surface area contributed by atoms with Crippen LogP contribution in [0, 0.1) is 11.6 Å². The highest BCUT2D eigenvalue weighted by Gasteiger charge is 2.28. The van der Waals surface area contributed by atoms with E-state index in [-0.39, 0.29) is 0 Å². The van der Waals surface area contributed by atoms with Gasteiger partial charge in [0, 0.05) is 18.8 Å². The van der Waals surface area contributed by atoms with Gasteiger partial charge >= 0.3 is 0 Å². The Morgan fingerprint density at radius 1 is 1.24 bits per heavy atom. The summed E-state index contributed by atoms with van der Waals surface area (Å²) < 4.78 is 32.0. The third-order valence-corrected chi connectivity index (χ3v) is 3.28. The summed E-state index contributed by atoms with van der Waals surface area (Å²) in [5, 5.41) is 0. The van der Waals surface area contributed by atoms with Gasteiger partial charge in [-0.05, 0) is 37.3 Å². The normalized spacial score (nSPS) is 25.6. The molecule has 0 amide bonds. The predicted molar refractivity (Wildman–Crippen MR) is 61.7 cm³/mol. The van der Waals surface area contributed by atoms with Crippen LogP contribution in [0.1, 0.15) is 24.8 Å². The molecule has 1 fully saturated rings. The van der Waals surface area contributed by atoms with Crippen LogP contribution in [0.25, 0.3) is 0 Å². The maximum atomic E-state index is 13.6. The smallest absolute Gasteiger partial charge is 0.162 e. The molecule has 1 unspecified atom stereocenters. The molecule has 1 aliphatic heterocycles. The van der Waals surface area contributed by atoms with Crippen molar-refractivity contribution in [2.24, 2.45) is 5.73 Å². The highest BCUT2D eigenvalue weighted by atomic mass is 19.2. The molecule has 0 bridgehead atoms. The molecule has 0 spiro atoms. The first-order valence-electron chi connectivity index (χ1n) is 5.90. The molecule has 2 rings (SSSR count). The monoisotopic (exact) mass is 241 g/mol. The minimum Gasteiger partial charge on any atom is -0.381 e. The Morgan fingerprint density at radius 3 is 2.88 bits per heavy atom. The van der Waals surface area contributed by atoms with Gasteiger partial charge < -0.3 is 10.5 Å². The molecule has 1 aromatic rings. The molecule has 0 saturated carbocycles. The Kier molecular flexibility index (Phi) is 3.74. The van der Waals surface area contributed by atoms with Crippen LogP contribution in [0.3, 0.4) is 0 Å². The lowest BCUT2D eigenvalue weighted by molar-refractivity contribution is 0.139. The molecule has 1 saturated heterocycles. The molecule has 0 aromatic heterocycles. The van der Waals surface area contributed by atoms with Gasteiger partial charge in [0.25, 0.3) is 0 Å². The number of hydrogen-bond acceptors (Lipinski definition) is 2. The van der Waals surface area contributed by atoms with Crippen molar-refractivity contribution < 1.29 is 13.5 Å². The molecular weight excluding hydrogens is 224 g/mol. The molecule has 2 N–H and O–H groups in total. The number of hydrogen-bond donors (Lipinski definition) is 1. The minimum absolute atomic E-state index is 0.356. The van der Waals surface area contributed by atoms with Crippen LogP contribution in [0.2, 0.25) is 0 Å². The Balaban J connectivity index is 2.15. The molecule has 0 aliphatic carbocycles. The highest BCUT2D eigenvalue weighted by Crippen LogP contribution is 2.25. The van der Waals surface area contributed by atoms with Gasteiger partial charge in [-0.25, -0.2) is 8.78 Å². The van der Waals surface area contributed by atoms with Crippen molar-refractivity contribution in [3.05, 3.63) is 35.4 Å². The first-order chi connectivity index (χ1) is 8.11. The molecule has 1 aromatic carbocycles. The fourth-order valence-electron chi connectivity index (χ4n) is 2.27. The largest absolute Gasteiger partial charge is 0.381 e. The second-order valence-electron chi connectivity index (χ2n) is 4.72. The van der Waals surface area contributed by atoms with Crippen molar-refractivity contribution in [3.63, 3.8) is 0 Å². The van der Waals surface area contributed by atoms with Gasteiger partial charge in [-0.15, -0.1) is 0 Å². The van der Waals surface area contributed by atoms with E-state index in [0.717, 1.165) is 18.9 Å². The van der Waals surface area contributed by atoms with Crippen molar-refractivity contribution >= 4 is 0 Å². The van der Waals surface area contributed by atoms with Crippen LogP contribution in [-0.4, -0.2) is 18.8 Å². The summed E-state index contributed by atoms with van der Waals surface area (Å²) in [6.07, 6.45) is 2.69. The molecular formula is C13H17F2NO. The van der Waals surface area contributed by atoms with E-state index in [1.807, 2.05) is 0 Å². The van der Waals surface area contributed by atoms with Gasteiger partial charge in [-0.3, -0.25) is 0 Å². The SMILES string of the molecule is NC1(Cc2cccc(F)c2F)CCCOCC1. The van der Waals surface area contributed by atoms with E-state index in [0.29, 0.717) is 31.6 Å². The highest BCUT2D eigenvalue weighted by molar-refractivity contribution is 5.21. The summed E-state index contributed by atoms with van der Waals surface area (Å²) in [4.78, 5) is 0. The Morgan fingerprint density at radius 2 is 2.06 bits per heavy atom. The standard InChI is InChI=1S/C13H17F2NO/c14-11-4-1-3-10(12(11)15)9-13(16)5-2-7-17-8-6-13/h1,3-4H,2,5-9,16H2. The fraction of sp³-hybridized carbons (Fsp3) is 0.538. The van der Waals surface area contributed by atoms with Gasteiger partial charge in [0.15, 0.2) is 11.6 Å². The number of rotatable bonds is 2. The van der Waals surface area contributed by atoms with Crippen LogP contribution in [0.5, 0.6) is 0 Å². The zero-order valence-electron chi connectivity index (χ0n) is 9.72. The maximum absolute atomic E-state index is 13.6. The lowest BCUT2D eigenvalue weighted by Gasteiger charge is -2.27. The average Bonchev–Trinajstić information content (AvgIpc) is 2.50. The average molecular weight is 241 g/mol. The van der Waals surface area contributed by atoms with Crippen molar-refractivity contribution in [2.45, 2.75) is 31.2 Å². The van der Waals surface area contributed by atoms with Crippen LogP contribution >= 0.6 is 0 Å². The van der Waals surface area contributed by atoms with E-state index in [1.54, 1.807) is 6.07 Å². The van der Waals surface area contributed by atoms with Crippen LogP contribution in [0.15, 0.2) is 18.2 Å². The molecule has 4 heteroatoms. The molecule has 1 atom stereocenters. The maximum Gasteiger partial charge on any atom is 0.162 e. The second kappa shape index (κ2) is 5.10. The summed E-state index contributed by atoms with van der Waals surface area (Å²) in [7, 11) is 0. The Labute approximate surface area is 99.8 Å². The Bertz CT molecular complexity index is 387. The van der Waals surface area contributed by atoms with E-state index in [4.69, 9.17) is 10.5 Å². The molecule has 17 heavy (non-hydrogen) atoms. The zero-order chi connectivity index (χ0) is 12.3. The van der Waals surface area contributed by atoms with Crippen LogP contribution in [-0.2, 0) is 11.2 Å². The number of ether oxygens (including phenoxy) is 1. The van der Waals surface area contributed by atoms with Gasteiger partial charge in [0.2, 0.25) is 0 Å². The van der Waals surface area contributed by atoms with Gasteiger partial charge in [0.1, 0.15) is 0 Å². The first-order valence-corrected chi connectivity index (χ1v) is 5.90. The molecule has 2 nitrogen and oxygen atoms in total. The van der Waals surface area contributed by atoms with Crippen molar-refractivity contribution in [1.29, 1.82) is 0 Å². The van der Waals surface area contributed by atoms with Crippen molar-refractivity contribution in [1.82, 2.24) is 0 Å². The van der Waals surface area contributed by atoms with E-state index < -0.39 is 17.2 Å². The van der Waals surface area contributed by atoms with E-state index >= 15 is 0 Å². The summed E-state index contributed by atoms with van der Waals surface area (Å²) in [6.45, 7) is 1.29. The molecule has 0 radical (unpaired) electrons. The number of nitrogens with two attached hydrogens (primary N) is 1. The van der Waals surface area contributed by atoms with E-state index in [2.05, 4.69) is 0 Å². The minimum atomic E-state index is -0.809. The molecule has 1 aliphatic rings. The fourth-order valence-corrected chi connectivity index (χ4v) is 2.27. The third kappa shape index (κ3) is 3.01. The topological polar surface area (TPSA) is 35.2 Å². The van der Waals surface area contributed by atoms with E-state index in [1.165, 1.54) is 6.07 Å². The van der Waals surface area contributed by atoms with Crippen molar-refractivity contribution in [2.75, 3.05) is 13.2 Å². The van der Waals surface area contributed by atoms with Gasteiger partial charge in [-0.1, -0.05) is 12.1 Å². The predicted octanol–water partition coefficient (Wildman–Crippen LogP) is 2.41. The quantitative estimate of drug-likeness (QED) is 0.863. The number of benzene rings is 1. The van der Waals surface area contributed by atoms with E-state index in [9.17, 15) is 8.78 Å². The zero-order valence-corrected chi connectivity index (χ0v) is 9.72. The van der Waals surface area contributed by atoms with Crippen molar-refractivity contribution in [3.8, 4) is 0 Å². The Hall–Kier alpha value is -1.00. The third-order valence-electron chi connectivity index (χ3n) is 3.28. The molecule has 1 heterocycles. The molecule has 94 valence electrons. The summed E-state index contributed by atoms with van der Waals surface area (Å²) in [6, 6.07) is 4.24. The summed E-state index contributed by atoms with van der Waals surface area (Å²) in [5.41, 5.74) is 6.12. The van der Waals surface area contributed by atoms with Gasteiger partial charge in [-0.2, -0.15) is 0 Å². The summed E-state index contributed by atoms with van der Waals surface area (Å²) in [5.74, 6) is -1.58. The first kappa shape index (κ1) is 12.5. The second-order valence-corrected chi connectivity index (χ2v) is 4.72. The van der Waals surface area contributed by atoms with Crippen LogP contribution in [0.4, 0.5) is 8.78 Å². The number of halogens is 2. The lowest BCUT2D eigenvalue weighted by Crippen LogP contribution is -2.42. The summed E-state index contributed by atoms with van der Waals surface area (Å²) >= 11 is 0.